The summed E-state index contributed by atoms with van der Waals surface area (Å²) in [4.78, 5) is 13.4. The van der Waals surface area contributed by atoms with Gasteiger partial charge in [-0.1, -0.05) is 6.08 Å². The van der Waals surface area contributed by atoms with Crippen molar-refractivity contribution in [2.24, 2.45) is 5.73 Å². The van der Waals surface area contributed by atoms with Crippen molar-refractivity contribution in [3.63, 3.8) is 0 Å². The molecule has 2 heterocycles. The summed E-state index contributed by atoms with van der Waals surface area (Å²) in [6.07, 6.45) is 5.60. The van der Waals surface area contributed by atoms with E-state index in [1.165, 1.54) is 0 Å². The van der Waals surface area contributed by atoms with Crippen molar-refractivity contribution in [2.75, 3.05) is 19.8 Å². The second kappa shape index (κ2) is 4.50. The van der Waals surface area contributed by atoms with E-state index in [4.69, 9.17) is 10.5 Å². The van der Waals surface area contributed by atoms with Gasteiger partial charge >= 0.3 is 0 Å². The van der Waals surface area contributed by atoms with Gasteiger partial charge in [0.05, 0.1) is 19.4 Å². The van der Waals surface area contributed by atoms with E-state index in [0.717, 1.165) is 6.54 Å². The normalized spacial score (nSPS) is 28.4. The number of hydrogen-bond donors (Lipinski definition) is 2. The summed E-state index contributed by atoms with van der Waals surface area (Å²) in [6.45, 7) is 6.49. The lowest BCUT2D eigenvalue weighted by molar-refractivity contribution is -0.115. The molecular weight excluding hydrogens is 218 g/mol. The number of allylic oxidation sites excluding steroid dienone is 2. The van der Waals surface area contributed by atoms with Gasteiger partial charge in [0.2, 0.25) is 0 Å². The van der Waals surface area contributed by atoms with Gasteiger partial charge in [0.15, 0.2) is 0 Å². The topological polar surface area (TPSA) is 67.6 Å². The molecule has 1 saturated heterocycles. The fourth-order valence-electron chi connectivity index (χ4n) is 2.23. The van der Waals surface area contributed by atoms with E-state index in [0.29, 0.717) is 18.9 Å². The van der Waals surface area contributed by atoms with Crippen LogP contribution in [0.3, 0.4) is 0 Å². The first-order valence-corrected chi connectivity index (χ1v) is 5.80. The summed E-state index contributed by atoms with van der Waals surface area (Å²) in [5.41, 5.74) is 5.68. The monoisotopic (exact) mass is 237 g/mol. The number of nitrogens with zero attached hydrogens (tertiary/aromatic N) is 1. The van der Waals surface area contributed by atoms with Crippen molar-refractivity contribution in [3.05, 3.63) is 23.9 Å². The molecule has 94 valence electrons. The molecule has 5 nitrogen and oxygen atoms in total. The quantitative estimate of drug-likeness (QED) is 0.706. The molecule has 0 bridgehead atoms. The fourth-order valence-corrected chi connectivity index (χ4v) is 2.23. The number of hydrogen-bond acceptors (Lipinski definition) is 4. The molecule has 0 saturated carbocycles. The Labute approximate surface area is 101 Å². The lowest BCUT2D eigenvalue weighted by Crippen LogP contribution is -2.61. The Morgan fingerprint density at radius 3 is 3.06 bits per heavy atom. The van der Waals surface area contributed by atoms with E-state index in [1.807, 2.05) is 12.2 Å². The van der Waals surface area contributed by atoms with Crippen LogP contribution < -0.4 is 11.1 Å². The second-order valence-corrected chi connectivity index (χ2v) is 4.98. The van der Waals surface area contributed by atoms with Gasteiger partial charge in [-0.15, -0.1) is 0 Å². The molecule has 1 amide bonds. The summed E-state index contributed by atoms with van der Waals surface area (Å²) in [6, 6.07) is 0. The number of amides is 1. The number of carbonyl (C=O) groups is 1. The fraction of sp³-hybridized carbons (Fsp3) is 0.583. The summed E-state index contributed by atoms with van der Waals surface area (Å²) in [7, 11) is 0. The molecule has 2 aliphatic heterocycles. The highest BCUT2D eigenvalue weighted by atomic mass is 16.5. The molecular formula is C12H19N3O2. The number of rotatable bonds is 2. The van der Waals surface area contributed by atoms with Crippen LogP contribution >= 0.6 is 0 Å². The van der Waals surface area contributed by atoms with Crippen LogP contribution in [0.4, 0.5) is 0 Å². The summed E-state index contributed by atoms with van der Waals surface area (Å²) in [5.74, 6) is -0.426. The van der Waals surface area contributed by atoms with Gasteiger partial charge in [-0.3, -0.25) is 9.69 Å². The molecule has 3 N–H and O–H groups in total. The Hall–Kier alpha value is -1.33. The third kappa shape index (κ3) is 2.50. The maximum Gasteiger partial charge on any atom is 0.264 e. The predicted octanol–water partition coefficient (Wildman–Crippen LogP) is -0.0481. The van der Waals surface area contributed by atoms with Crippen molar-refractivity contribution in [2.45, 2.75) is 25.6 Å². The van der Waals surface area contributed by atoms with E-state index in [9.17, 15) is 4.79 Å². The molecule has 2 aliphatic rings. The van der Waals surface area contributed by atoms with Crippen LogP contribution in [0.15, 0.2) is 23.9 Å². The van der Waals surface area contributed by atoms with E-state index in [2.05, 4.69) is 24.1 Å². The number of primary amides is 1. The molecule has 0 radical (unpaired) electrons. The first-order chi connectivity index (χ1) is 8.00. The van der Waals surface area contributed by atoms with Crippen LogP contribution in [0.1, 0.15) is 13.8 Å². The van der Waals surface area contributed by atoms with E-state index in [1.54, 1.807) is 6.08 Å². The molecule has 0 aromatic carbocycles. The van der Waals surface area contributed by atoms with Crippen LogP contribution in [0.5, 0.6) is 0 Å². The van der Waals surface area contributed by atoms with Crippen LogP contribution in [-0.4, -0.2) is 42.3 Å². The molecule has 0 aliphatic carbocycles. The Morgan fingerprint density at radius 1 is 1.65 bits per heavy atom. The van der Waals surface area contributed by atoms with Gasteiger partial charge in [-0.2, -0.15) is 0 Å². The largest absolute Gasteiger partial charge is 0.378 e. The minimum absolute atomic E-state index is 0.00130. The molecule has 1 fully saturated rings. The van der Waals surface area contributed by atoms with Gasteiger partial charge in [-0.25, -0.2) is 0 Å². The van der Waals surface area contributed by atoms with Crippen molar-refractivity contribution in [1.29, 1.82) is 0 Å². The van der Waals surface area contributed by atoms with Crippen LogP contribution in [0.2, 0.25) is 0 Å². The molecule has 1 unspecified atom stereocenters. The van der Waals surface area contributed by atoms with Gasteiger partial charge in [0.1, 0.15) is 5.70 Å². The molecule has 17 heavy (non-hydrogen) atoms. The summed E-state index contributed by atoms with van der Waals surface area (Å²) >= 11 is 0. The van der Waals surface area contributed by atoms with Crippen molar-refractivity contribution >= 4 is 5.91 Å². The minimum atomic E-state index is -0.426. The van der Waals surface area contributed by atoms with E-state index in [-0.39, 0.29) is 11.7 Å². The summed E-state index contributed by atoms with van der Waals surface area (Å²) in [5, 5.41) is 3.15. The SMILES string of the molecule is CC1(C)COCCN1C1C=CC=C(C(N)=O)N1. The van der Waals surface area contributed by atoms with Gasteiger partial charge in [0.25, 0.3) is 5.91 Å². The maximum atomic E-state index is 11.2. The average molecular weight is 237 g/mol. The van der Waals surface area contributed by atoms with Crippen molar-refractivity contribution in [1.82, 2.24) is 10.2 Å². The Kier molecular flexibility index (Phi) is 3.22. The average Bonchev–Trinajstić information content (AvgIpc) is 2.28. The van der Waals surface area contributed by atoms with E-state index < -0.39 is 5.91 Å². The molecule has 0 aromatic rings. The van der Waals surface area contributed by atoms with Crippen LogP contribution in [0.25, 0.3) is 0 Å². The van der Waals surface area contributed by atoms with E-state index >= 15 is 0 Å². The summed E-state index contributed by atoms with van der Waals surface area (Å²) < 4.78 is 5.48. The number of nitrogens with two attached hydrogens (primary N) is 1. The number of carbonyl (C=O) groups excluding carboxylic acids is 1. The number of dihydropyridines is 1. The van der Waals surface area contributed by atoms with Gasteiger partial charge in [0, 0.05) is 12.1 Å². The Bertz CT molecular complexity index is 374. The maximum absolute atomic E-state index is 11.2. The Balaban J connectivity index is 2.11. The lowest BCUT2D eigenvalue weighted by atomic mass is 10.0. The number of nitrogens with one attached hydrogen (secondary N) is 1. The highest BCUT2D eigenvalue weighted by Gasteiger charge is 2.35. The number of morpholine rings is 1. The van der Waals surface area contributed by atoms with Crippen molar-refractivity contribution in [3.8, 4) is 0 Å². The third-order valence-corrected chi connectivity index (χ3v) is 3.17. The van der Waals surface area contributed by atoms with Crippen LogP contribution in [-0.2, 0) is 9.53 Å². The Morgan fingerprint density at radius 2 is 2.41 bits per heavy atom. The third-order valence-electron chi connectivity index (χ3n) is 3.17. The minimum Gasteiger partial charge on any atom is -0.378 e. The van der Waals surface area contributed by atoms with Crippen molar-refractivity contribution < 1.29 is 9.53 Å². The predicted molar refractivity (Wildman–Crippen MR) is 64.9 cm³/mol. The lowest BCUT2D eigenvalue weighted by Gasteiger charge is -2.46. The smallest absolute Gasteiger partial charge is 0.264 e. The molecule has 0 aromatic heterocycles. The highest BCUT2D eigenvalue weighted by Crippen LogP contribution is 2.22. The molecule has 5 heteroatoms. The molecule has 1 atom stereocenters. The first kappa shape index (κ1) is 12.1. The van der Waals surface area contributed by atoms with Gasteiger partial charge < -0.3 is 15.8 Å². The van der Waals surface area contributed by atoms with Gasteiger partial charge in [-0.05, 0) is 26.0 Å². The highest BCUT2D eigenvalue weighted by molar-refractivity contribution is 5.91. The second-order valence-electron chi connectivity index (χ2n) is 4.98. The zero-order valence-corrected chi connectivity index (χ0v) is 10.3. The van der Waals surface area contributed by atoms with Crippen LogP contribution in [0, 0.1) is 0 Å². The zero-order valence-electron chi connectivity index (χ0n) is 10.3. The molecule has 0 spiro atoms. The zero-order chi connectivity index (χ0) is 12.5. The standard InChI is InChI=1S/C12H19N3O2/c1-12(2)8-17-7-6-15(12)10-5-3-4-9(14-10)11(13)16/h3-5,10,14H,6-8H2,1-2H3,(H2,13,16). The first-order valence-electron chi connectivity index (χ1n) is 5.80. The molecule has 2 rings (SSSR count). The number of ether oxygens (including phenoxy) is 1.